The molecular formula is C36H36N2O3. The van der Waals surface area contributed by atoms with E-state index in [0.29, 0.717) is 17.7 Å². The van der Waals surface area contributed by atoms with Crippen LogP contribution in [0.4, 0.5) is 0 Å². The van der Waals surface area contributed by atoms with E-state index >= 15 is 0 Å². The second-order valence-electron chi connectivity index (χ2n) is 11.3. The van der Waals surface area contributed by atoms with Gasteiger partial charge in [0.05, 0.1) is 11.6 Å². The lowest BCUT2D eigenvalue weighted by atomic mass is 10.0. The van der Waals surface area contributed by atoms with E-state index in [1.54, 1.807) is 6.07 Å². The Kier molecular flexibility index (Phi) is 8.06. The summed E-state index contributed by atoms with van der Waals surface area (Å²) in [4.78, 5) is 25.7. The van der Waals surface area contributed by atoms with Crippen LogP contribution in [0, 0.1) is 0 Å². The number of carbonyl (C=O) groups is 2. The van der Waals surface area contributed by atoms with Crippen molar-refractivity contribution in [1.29, 1.82) is 0 Å². The first-order valence-electron chi connectivity index (χ1n) is 14.1. The highest BCUT2D eigenvalue weighted by atomic mass is 16.6. The Morgan fingerprint density at radius 1 is 0.805 bits per heavy atom. The Labute approximate surface area is 241 Å². The summed E-state index contributed by atoms with van der Waals surface area (Å²) in [7, 11) is 0. The SMILES string of the molecule is CCC(NC(=O)c1ccc2c(ccn2Cc2cccc(-c3cccc(C(=O)OC(C)(C)C)c3)c2)c1)c1ccccc1. The van der Waals surface area contributed by atoms with E-state index in [1.165, 1.54) is 0 Å². The minimum absolute atomic E-state index is 0.0268. The molecule has 0 saturated carbocycles. The zero-order valence-corrected chi connectivity index (χ0v) is 24.1. The smallest absolute Gasteiger partial charge is 0.338 e. The molecule has 5 rings (SSSR count). The summed E-state index contributed by atoms with van der Waals surface area (Å²) in [6.07, 6.45) is 2.87. The van der Waals surface area contributed by atoms with Gasteiger partial charge in [0.15, 0.2) is 0 Å². The lowest BCUT2D eigenvalue weighted by molar-refractivity contribution is 0.00694. The number of amides is 1. The number of carbonyl (C=O) groups excluding carboxylic acids is 2. The van der Waals surface area contributed by atoms with Crippen molar-refractivity contribution in [3.05, 3.63) is 132 Å². The normalized spacial score (nSPS) is 12.2. The van der Waals surface area contributed by atoms with E-state index in [1.807, 2.05) is 93.6 Å². The lowest BCUT2D eigenvalue weighted by Gasteiger charge is -2.19. The van der Waals surface area contributed by atoms with E-state index in [4.69, 9.17) is 4.74 Å². The summed E-state index contributed by atoms with van der Waals surface area (Å²) in [5.74, 6) is -0.399. The van der Waals surface area contributed by atoms with Gasteiger partial charge in [0.1, 0.15) is 5.60 Å². The van der Waals surface area contributed by atoms with Gasteiger partial charge >= 0.3 is 5.97 Å². The molecule has 0 aliphatic heterocycles. The molecule has 41 heavy (non-hydrogen) atoms. The second-order valence-corrected chi connectivity index (χ2v) is 11.3. The number of fused-ring (bicyclic) bond motifs is 1. The number of ether oxygens (including phenoxy) is 1. The molecule has 208 valence electrons. The third-order valence-electron chi connectivity index (χ3n) is 7.06. The van der Waals surface area contributed by atoms with Gasteiger partial charge in [-0.2, -0.15) is 0 Å². The predicted molar refractivity (Wildman–Crippen MR) is 165 cm³/mol. The average molecular weight is 545 g/mol. The van der Waals surface area contributed by atoms with Crippen molar-refractivity contribution in [3.8, 4) is 11.1 Å². The Morgan fingerprint density at radius 2 is 1.54 bits per heavy atom. The molecule has 0 radical (unpaired) electrons. The first kappa shape index (κ1) is 27.9. The first-order chi connectivity index (χ1) is 19.7. The minimum Gasteiger partial charge on any atom is -0.456 e. The molecule has 1 unspecified atom stereocenters. The molecule has 0 bridgehead atoms. The number of aromatic nitrogens is 1. The molecule has 5 aromatic rings. The highest BCUT2D eigenvalue weighted by Crippen LogP contribution is 2.25. The second kappa shape index (κ2) is 11.8. The van der Waals surface area contributed by atoms with Gasteiger partial charge in [-0.1, -0.05) is 67.6 Å². The minimum atomic E-state index is -0.544. The molecule has 5 nitrogen and oxygen atoms in total. The zero-order valence-electron chi connectivity index (χ0n) is 24.1. The fourth-order valence-corrected chi connectivity index (χ4v) is 5.04. The van der Waals surface area contributed by atoms with Crippen molar-refractivity contribution in [1.82, 2.24) is 9.88 Å². The molecule has 0 aliphatic rings. The summed E-state index contributed by atoms with van der Waals surface area (Å²) in [5, 5.41) is 4.20. The van der Waals surface area contributed by atoms with E-state index in [0.717, 1.165) is 39.6 Å². The number of benzene rings is 4. The summed E-state index contributed by atoms with van der Waals surface area (Å²) < 4.78 is 7.74. The number of hydrogen-bond acceptors (Lipinski definition) is 3. The van der Waals surface area contributed by atoms with Gasteiger partial charge in [0, 0.05) is 29.2 Å². The van der Waals surface area contributed by atoms with E-state index < -0.39 is 5.60 Å². The molecular weight excluding hydrogens is 508 g/mol. The Morgan fingerprint density at radius 3 is 2.27 bits per heavy atom. The van der Waals surface area contributed by atoms with E-state index in [9.17, 15) is 9.59 Å². The van der Waals surface area contributed by atoms with Crippen LogP contribution >= 0.6 is 0 Å². The van der Waals surface area contributed by atoms with Crippen LogP contribution in [0.25, 0.3) is 22.0 Å². The fraction of sp³-hybridized carbons (Fsp3) is 0.222. The van der Waals surface area contributed by atoms with Crippen LogP contribution in [0.3, 0.4) is 0 Å². The molecule has 1 amide bonds. The maximum Gasteiger partial charge on any atom is 0.338 e. The van der Waals surface area contributed by atoms with Crippen molar-refractivity contribution < 1.29 is 14.3 Å². The Hall–Kier alpha value is -4.64. The van der Waals surface area contributed by atoms with Gasteiger partial charge in [0.25, 0.3) is 5.91 Å². The molecule has 0 saturated heterocycles. The van der Waals surface area contributed by atoms with Crippen LogP contribution < -0.4 is 5.32 Å². The van der Waals surface area contributed by atoms with Crippen LogP contribution in [0.15, 0.2) is 109 Å². The van der Waals surface area contributed by atoms with Crippen molar-refractivity contribution >= 4 is 22.8 Å². The maximum absolute atomic E-state index is 13.1. The van der Waals surface area contributed by atoms with Gasteiger partial charge in [-0.05, 0) is 91.9 Å². The molecule has 0 spiro atoms. The molecule has 4 aromatic carbocycles. The topological polar surface area (TPSA) is 60.3 Å². The number of rotatable bonds is 8. The fourth-order valence-electron chi connectivity index (χ4n) is 5.04. The highest BCUT2D eigenvalue weighted by Gasteiger charge is 2.18. The number of esters is 1. The van der Waals surface area contributed by atoms with Crippen LogP contribution in [0.1, 0.15) is 72.0 Å². The van der Waals surface area contributed by atoms with Crippen molar-refractivity contribution in [2.75, 3.05) is 0 Å². The Balaban J connectivity index is 1.32. The largest absolute Gasteiger partial charge is 0.456 e. The van der Waals surface area contributed by atoms with Gasteiger partial charge in [-0.3, -0.25) is 4.79 Å². The number of nitrogens with zero attached hydrogens (tertiary/aromatic N) is 1. The van der Waals surface area contributed by atoms with Crippen molar-refractivity contribution in [3.63, 3.8) is 0 Å². The summed E-state index contributed by atoms with van der Waals surface area (Å²) >= 11 is 0. The van der Waals surface area contributed by atoms with Gasteiger partial charge < -0.3 is 14.6 Å². The molecule has 1 N–H and O–H groups in total. The van der Waals surface area contributed by atoms with Crippen molar-refractivity contribution in [2.24, 2.45) is 0 Å². The van der Waals surface area contributed by atoms with Crippen LogP contribution in [0.2, 0.25) is 0 Å². The first-order valence-corrected chi connectivity index (χ1v) is 14.1. The highest BCUT2D eigenvalue weighted by molar-refractivity contribution is 5.98. The van der Waals surface area contributed by atoms with E-state index in [2.05, 4.69) is 47.3 Å². The van der Waals surface area contributed by atoms with E-state index in [-0.39, 0.29) is 17.9 Å². The summed E-state index contributed by atoms with van der Waals surface area (Å²) in [6.45, 7) is 8.36. The average Bonchev–Trinajstić information content (AvgIpc) is 3.37. The Bertz CT molecular complexity index is 1680. The zero-order chi connectivity index (χ0) is 29.0. The summed E-state index contributed by atoms with van der Waals surface area (Å²) in [6, 6.07) is 33.8. The third kappa shape index (κ3) is 6.75. The van der Waals surface area contributed by atoms with Gasteiger partial charge in [-0.25, -0.2) is 4.79 Å². The lowest BCUT2D eigenvalue weighted by Crippen LogP contribution is -2.28. The number of nitrogens with one attached hydrogen (secondary N) is 1. The molecule has 0 aliphatic carbocycles. The van der Waals surface area contributed by atoms with Crippen LogP contribution in [-0.2, 0) is 11.3 Å². The maximum atomic E-state index is 13.1. The van der Waals surface area contributed by atoms with Crippen LogP contribution in [0.5, 0.6) is 0 Å². The monoisotopic (exact) mass is 544 g/mol. The molecule has 0 fully saturated rings. The third-order valence-corrected chi connectivity index (χ3v) is 7.06. The standard InChI is InChI=1S/C36H36N2O3/c1-5-32(26-12-7-6-8-13-26)37-34(39)30-17-18-33-29(23-30)19-20-38(33)24-25-11-9-14-27(21-25)28-15-10-16-31(22-28)35(40)41-36(2,3)4/h6-23,32H,5,24H2,1-4H3,(H,37,39). The quantitative estimate of drug-likeness (QED) is 0.200. The summed E-state index contributed by atoms with van der Waals surface area (Å²) in [5.41, 5.74) is 5.94. The predicted octanol–water partition coefficient (Wildman–Crippen LogP) is 8.19. The molecule has 1 atom stereocenters. The van der Waals surface area contributed by atoms with Crippen molar-refractivity contribution in [2.45, 2.75) is 52.3 Å². The van der Waals surface area contributed by atoms with Gasteiger partial charge in [0.2, 0.25) is 0 Å². The van der Waals surface area contributed by atoms with Crippen LogP contribution in [-0.4, -0.2) is 22.0 Å². The molecule has 1 aromatic heterocycles. The molecule has 1 heterocycles. The molecule has 5 heteroatoms. The number of hydrogen-bond donors (Lipinski definition) is 1. The van der Waals surface area contributed by atoms with Gasteiger partial charge in [-0.15, -0.1) is 0 Å².